The number of aryl methyl sites for hydroxylation is 1. The monoisotopic (exact) mass is 274 g/mol. The van der Waals surface area contributed by atoms with Crippen LogP contribution in [0.25, 0.3) is 0 Å². The van der Waals surface area contributed by atoms with Gasteiger partial charge in [-0.1, -0.05) is 30.3 Å². The van der Waals surface area contributed by atoms with Crippen LogP contribution in [0.3, 0.4) is 0 Å². The average Bonchev–Trinajstić information content (AvgIpc) is 2.70. The molecule has 19 heavy (non-hydrogen) atoms. The summed E-state index contributed by atoms with van der Waals surface area (Å²) in [5.74, 6) is 0.238. The van der Waals surface area contributed by atoms with Gasteiger partial charge in [-0.2, -0.15) is 0 Å². The Labute approximate surface area is 118 Å². The van der Waals surface area contributed by atoms with E-state index in [1.54, 1.807) is 6.07 Å². The van der Waals surface area contributed by atoms with E-state index in [9.17, 15) is 4.39 Å². The van der Waals surface area contributed by atoms with Crippen LogP contribution in [0, 0.1) is 18.7 Å². The lowest BCUT2D eigenvalue weighted by Gasteiger charge is -2.15. The molecule has 2 heteroatoms. The van der Waals surface area contributed by atoms with Crippen molar-refractivity contribution < 1.29 is 4.39 Å². The molecule has 0 aromatic heterocycles. The summed E-state index contributed by atoms with van der Waals surface area (Å²) in [5.41, 5.74) is 4.82. The number of halogens is 2. The van der Waals surface area contributed by atoms with Gasteiger partial charge in [0.25, 0.3) is 0 Å². The van der Waals surface area contributed by atoms with Crippen LogP contribution < -0.4 is 0 Å². The van der Waals surface area contributed by atoms with Crippen molar-refractivity contribution in [1.29, 1.82) is 0 Å². The van der Waals surface area contributed by atoms with Crippen molar-refractivity contribution >= 4 is 11.6 Å². The largest absolute Gasteiger partial charge is 0.207 e. The molecule has 98 valence electrons. The van der Waals surface area contributed by atoms with Crippen LogP contribution in [-0.4, -0.2) is 0 Å². The molecular formula is C17H16ClF. The molecule has 2 atom stereocenters. The Morgan fingerprint density at radius 2 is 2.00 bits per heavy atom. The van der Waals surface area contributed by atoms with Crippen molar-refractivity contribution in [3.63, 3.8) is 0 Å². The highest BCUT2D eigenvalue weighted by Gasteiger charge is 2.30. The lowest BCUT2D eigenvalue weighted by Crippen LogP contribution is -2.08. The second-order valence-corrected chi connectivity index (χ2v) is 5.81. The molecule has 0 heterocycles. The fourth-order valence-corrected chi connectivity index (χ4v) is 3.37. The highest BCUT2D eigenvalue weighted by atomic mass is 35.5. The lowest BCUT2D eigenvalue weighted by atomic mass is 9.93. The first kappa shape index (κ1) is 12.7. The smallest absolute Gasteiger partial charge is 0.123 e. The van der Waals surface area contributed by atoms with Gasteiger partial charge in [-0.25, -0.2) is 4.39 Å². The Balaban J connectivity index is 1.83. The number of hydrogen-bond acceptors (Lipinski definition) is 0. The molecule has 1 aliphatic carbocycles. The Bertz CT molecular complexity index is 606. The zero-order valence-corrected chi connectivity index (χ0v) is 11.6. The molecule has 0 fully saturated rings. The van der Waals surface area contributed by atoms with E-state index in [4.69, 9.17) is 11.6 Å². The molecule has 2 aromatic rings. The molecule has 0 spiro atoms. The second kappa shape index (κ2) is 4.97. The summed E-state index contributed by atoms with van der Waals surface area (Å²) in [6.45, 7) is 1.96. The summed E-state index contributed by atoms with van der Waals surface area (Å²) in [5, 5.41) is 0.0700. The second-order valence-electron chi connectivity index (χ2n) is 5.34. The van der Waals surface area contributed by atoms with Crippen LogP contribution in [0.4, 0.5) is 4.39 Å². The minimum atomic E-state index is -0.168. The van der Waals surface area contributed by atoms with E-state index in [0.717, 1.165) is 18.4 Å². The fourth-order valence-electron chi connectivity index (χ4n) is 2.98. The Morgan fingerprint density at radius 1 is 1.21 bits per heavy atom. The van der Waals surface area contributed by atoms with Crippen molar-refractivity contribution in [2.75, 3.05) is 0 Å². The van der Waals surface area contributed by atoms with Crippen molar-refractivity contribution in [3.05, 3.63) is 70.5 Å². The van der Waals surface area contributed by atoms with Gasteiger partial charge in [0, 0.05) is 0 Å². The van der Waals surface area contributed by atoms with Gasteiger partial charge in [-0.05, 0) is 60.1 Å². The number of rotatable bonds is 2. The molecule has 0 aliphatic heterocycles. The van der Waals surface area contributed by atoms with Crippen LogP contribution in [-0.2, 0) is 12.8 Å². The van der Waals surface area contributed by atoms with Gasteiger partial charge >= 0.3 is 0 Å². The predicted octanol–water partition coefficient (Wildman–Crippen LogP) is 4.83. The number of fused-ring (bicyclic) bond motifs is 1. The molecule has 3 rings (SSSR count). The van der Waals surface area contributed by atoms with E-state index in [2.05, 4.69) is 18.2 Å². The summed E-state index contributed by atoms with van der Waals surface area (Å²) in [4.78, 5) is 0. The molecule has 2 unspecified atom stereocenters. The molecule has 2 aromatic carbocycles. The zero-order chi connectivity index (χ0) is 13.4. The Kier molecular flexibility index (Phi) is 3.32. The maximum Gasteiger partial charge on any atom is 0.123 e. The minimum Gasteiger partial charge on any atom is -0.207 e. The number of hydrogen-bond donors (Lipinski definition) is 0. The third kappa shape index (κ3) is 2.40. The first-order valence-electron chi connectivity index (χ1n) is 6.62. The van der Waals surface area contributed by atoms with Gasteiger partial charge in [0.2, 0.25) is 0 Å². The average molecular weight is 275 g/mol. The quantitative estimate of drug-likeness (QED) is 0.688. The van der Waals surface area contributed by atoms with E-state index in [0.29, 0.717) is 5.92 Å². The van der Waals surface area contributed by atoms with Crippen LogP contribution in [0.15, 0.2) is 42.5 Å². The van der Waals surface area contributed by atoms with Crippen molar-refractivity contribution in [2.24, 2.45) is 5.92 Å². The minimum absolute atomic E-state index is 0.0700. The number of benzene rings is 2. The van der Waals surface area contributed by atoms with E-state index in [1.807, 2.05) is 19.1 Å². The van der Waals surface area contributed by atoms with Gasteiger partial charge in [-0.3, -0.25) is 0 Å². The highest BCUT2D eigenvalue weighted by molar-refractivity contribution is 6.21. The first-order chi connectivity index (χ1) is 9.15. The van der Waals surface area contributed by atoms with Crippen LogP contribution in [0.2, 0.25) is 0 Å². The van der Waals surface area contributed by atoms with Crippen molar-refractivity contribution in [1.82, 2.24) is 0 Å². The van der Waals surface area contributed by atoms with Crippen LogP contribution >= 0.6 is 11.6 Å². The van der Waals surface area contributed by atoms with Gasteiger partial charge in [0.15, 0.2) is 0 Å². The summed E-state index contributed by atoms with van der Waals surface area (Å²) >= 11 is 6.57. The maximum absolute atomic E-state index is 13.1. The summed E-state index contributed by atoms with van der Waals surface area (Å²) in [6.07, 6.45) is 1.93. The topological polar surface area (TPSA) is 0 Å². The molecule has 0 bridgehead atoms. The fraction of sp³-hybridized carbons (Fsp3) is 0.294. The molecule has 0 saturated carbocycles. The van der Waals surface area contributed by atoms with Gasteiger partial charge < -0.3 is 0 Å². The lowest BCUT2D eigenvalue weighted by molar-refractivity contribution is 0.540. The SMILES string of the molecule is Cc1cc(F)ccc1CC1Cc2ccccc2C1Cl. The molecule has 0 radical (unpaired) electrons. The summed E-state index contributed by atoms with van der Waals surface area (Å²) in [7, 11) is 0. The van der Waals surface area contributed by atoms with Crippen molar-refractivity contribution in [3.8, 4) is 0 Å². The molecule has 0 saturated heterocycles. The molecule has 0 nitrogen and oxygen atoms in total. The zero-order valence-electron chi connectivity index (χ0n) is 10.9. The molecule has 0 amide bonds. The third-order valence-electron chi connectivity index (χ3n) is 4.03. The predicted molar refractivity (Wildman–Crippen MR) is 77.1 cm³/mol. The Morgan fingerprint density at radius 3 is 2.74 bits per heavy atom. The summed E-state index contributed by atoms with van der Waals surface area (Å²) in [6, 6.07) is 13.4. The van der Waals surface area contributed by atoms with Gasteiger partial charge in [-0.15, -0.1) is 11.6 Å². The van der Waals surface area contributed by atoms with Crippen LogP contribution in [0.5, 0.6) is 0 Å². The number of alkyl halides is 1. The Hall–Kier alpha value is -1.34. The summed E-state index contributed by atoms with van der Waals surface area (Å²) < 4.78 is 13.1. The van der Waals surface area contributed by atoms with E-state index in [1.165, 1.54) is 22.8 Å². The van der Waals surface area contributed by atoms with Gasteiger partial charge in [0.05, 0.1) is 5.38 Å². The third-order valence-corrected chi connectivity index (χ3v) is 4.63. The molecule has 1 aliphatic rings. The van der Waals surface area contributed by atoms with E-state index < -0.39 is 0 Å². The maximum atomic E-state index is 13.1. The highest BCUT2D eigenvalue weighted by Crippen LogP contribution is 2.42. The molecular weight excluding hydrogens is 259 g/mol. The molecule has 0 N–H and O–H groups in total. The first-order valence-corrected chi connectivity index (χ1v) is 7.05. The van der Waals surface area contributed by atoms with Crippen LogP contribution in [0.1, 0.15) is 27.6 Å². The van der Waals surface area contributed by atoms with Gasteiger partial charge in [0.1, 0.15) is 5.82 Å². The van der Waals surface area contributed by atoms with E-state index >= 15 is 0 Å². The standard InChI is InChI=1S/C17H16ClF/c1-11-8-15(19)7-6-12(11)9-14-10-13-4-2-3-5-16(13)17(14)18/h2-8,14,17H,9-10H2,1H3. The van der Waals surface area contributed by atoms with E-state index in [-0.39, 0.29) is 11.2 Å². The normalized spacial score (nSPS) is 21.4. The van der Waals surface area contributed by atoms with Crippen molar-refractivity contribution in [2.45, 2.75) is 25.1 Å².